The number of rotatable bonds is 3. The van der Waals surface area contributed by atoms with Gasteiger partial charge in [0.1, 0.15) is 5.92 Å². The van der Waals surface area contributed by atoms with Crippen LogP contribution in [0.5, 0.6) is 0 Å². The number of carbonyl (C=O) groups excluding carboxylic acids is 1. The van der Waals surface area contributed by atoms with E-state index in [1.807, 2.05) is 12.1 Å². The van der Waals surface area contributed by atoms with Gasteiger partial charge in [0.25, 0.3) is 0 Å². The highest BCUT2D eigenvalue weighted by atomic mass is 79.9. The number of thiophene rings is 1. The first-order chi connectivity index (χ1) is 8.61. The molecule has 0 aliphatic rings. The zero-order valence-corrected chi connectivity index (χ0v) is 12.2. The van der Waals surface area contributed by atoms with Crippen molar-refractivity contribution in [3.05, 3.63) is 55.6 Å². The molecule has 0 aliphatic carbocycles. The Bertz CT molecular complexity index is 632. The van der Waals surface area contributed by atoms with Crippen molar-refractivity contribution >= 4 is 44.7 Å². The first-order valence-electron chi connectivity index (χ1n) is 5.06. The third-order valence-corrected chi connectivity index (χ3v) is 4.13. The predicted molar refractivity (Wildman–Crippen MR) is 76.2 cm³/mol. The zero-order valence-electron chi connectivity index (χ0n) is 9.06. The number of halogens is 2. The zero-order chi connectivity index (χ0) is 13.1. The fraction of sp³-hybridized carbons (Fsp3) is 0.0769. The first-order valence-corrected chi connectivity index (χ1v) is 7.05. The van der Waals surface area contributed by atoms with E-state index in [1.54, 1.807) is 30.3 Å². The Balaban J connectivity index is 2.35. The quantitative estimate of drug-likeness (QED) is 0.763. The Kier molecular flexibility index (Phi) is 4.18. The summed E-state index contributed by atoms with van der Waals surface area (Å²) in [6.45, 7) is 0. The second-order valence-electron chi connectivity index (χ2n) is 3.59. The monoisotopic (exact) mass is 339 g/mol. The van der Waals surface area contributed by atoms with Gasteiger partial charge in [0.2, 0.25) is 0 Å². The lowest BCUT2D eigenvalue weighted by Gasteiger charge is -2.07. The number of Topliss-reactive ketones (excluding diaryl/α,β-unsaturated/α-hetero) is 1. The van der Waals surface area contributed by atoms with Crippen LogP contribution in [0.15, 0.2) is 40.9 Å². The molecule has 0 fully saturated rings. The van der Waals surface area contributed by atoms with Gasteiger partial charge in [-0.3, -0.25) is 4.79 Å². The van der Waals surface area contributed by atoms with Crippen LogP contribution in [0.3, 0.4) is 0 Å². The predicted octanol–water partition coefficient (Wildman–Crippen LogP) is 4.65. The number of benzene rings is 1. The minimum atomic E-state index is -0.794. The third-order valence-electron chi connectivity index (χ3n) is 2.39. The molecular weight excluding hydrogens is 334 g/mol. The molecule has 0 saturated carbocycles. The van der Waals surface area contributed by atoms with Crippen molar-refractivity contribution in [3.63, 3.8) is 0 Å². The maximum absolute atomic E-state index is 12.2. The molecule has 0 aliphatic heterocycles. The van der Waals surface area contributed by atoms with Crippen LogP contribution in [-0.2, 0) is 0 Å². The molecule has 1 aromatic carbocycles. The molecular formula is C13H7BrClNOS. The molecule has 0 amide bonds. The average molecular weight is 341 g/mol. The van der Waals surface area contributed by atoms with Crippen molar-refractivity contribution in [1.82, 2.24) is 0 Å². The van der Waals surface area contributed by atoms with Crippen LogP contribution in [0.1, 0.15) is 21.2 Å². The Labute approximate surface area is 122 Å². The summed E-state index contributed by atoms with van der Waals surface area (Å²) in [5.74, 6) is -1.01. The molecule has 1 atom stereocenters. The summed E-state index contributed by atoms with van der Waals surface area (Å²) in [5.41, 5.74) is 0.682. The summed E-state index contributed by atoms with van der Waals surface area (Å²) < 4.78 is 1.39. The maximum Gasteiger partial charge on any atom is 0.194 e. The maximum atomic E-state index is 12.2. The third kappa shape index (κ3) is 2.81. The van der Waals surface area contributed by atoms with Crippen LogP contribution in [0.4, 0.5) is 0 Å². The molecule has 2 nitrogen and oxygen atoms in total. The lowest BCUT2D eigenvalue weighted by molar-refractivity contribution is 0.0983. The van der Waals surface area contributed by atoms with Gasteiger partial charge < -0.3 is 0 Å². The number of hydrogen-bond acceptors (Lipinski definition) is 3. The van der Waals surface area contributed by atoms with Crippen LogP contribution in [0.2, 0.25) is 4.34 Å². The van der Waals surface area contributed by atoms with Crippen molar-refractivity contribution in [2.75, 3.05) is 0 Å². The number of nitrogens with zero attached hydrogens (tertiary/aromatic N) is 1. The normalized spacial score (nSPS) is 11.8. The molecule has 0 saturated heterocycles. The average Bonchev–Trinajstić information content (AvgIpc) is 2.77. The molecule has 1 aromatic heterocycles. The Hall–Kier alpha value is -1.15. The number of carbonyl (C=O) groups is 1. The van der Waals surface area contributed by atoms with Crippen molar-refractivity contribution in [1.29, 1.82) is 5.26 Å². The second-order valence-corrected chi connectivity index (χ2v) is 6.22. The van der Waals surface area contributed by atoms with Gasteiger partial charge in [-0.05, 0) is 29.8 Å². The molecule has 0 spiro atoms. The Morgan fingerprint density at radius 1 is 1.39 bits per heavy atom. The summed E-state index contributed by atoms with van der Waals surface area (Å²) in [4.78, 5) is 12.7. The molecule has 5 heteroatoms. The molecule has 18 heavy (non-hydrogen) atoms. The summed E-state index contributed by atoms with van der Waals surface area (Å²) in [6.07, 6.45) is 0. The smallest absolute Gasteiger partial charge is 0.194 e. The standard InChI is InChI=1S/C13H7BrClNOS/c14-9-3-1-2-8(6-9)10(7-16)13(17)11-4-5-12(15)18-11/h1-6,10H. The summed E-state index contributed by atoms with van der Waals surface area (Å²) in [6, 6.07) is 12.6. The number of hydrogen-bond donors (Lipinski definition) is 0. The van der Waals surface area contributed by atoms with Gasteiger partial charge >= 0.3 is 0 Å². The van der Waals surface area contributed by atoms with Crippen molar-refractivity contribution in [2.24, 2.45) is 0 Å². The fourth-order valence-electron chi connectivity index (χ4n) is 1.56. The summed E-state index contributed by atoms with van der Waals surface area (Å²) in [5, 5.41) is 9.19. The molecule has 2 rings (SSSR count). The molecule has 2 aromatic rings. The van der Waals surface area contributed by atoms with E-state index < -0.39 is 5.92 Å². The van der Waals surface area contributed by atoms with E-state index in [9.17, 15) is 10.1 Å². The van der Waals surface area contributed by atoms with E-state index in [0.717, 1.165) is 4.47 Å². The first kappa shape index (κ1) is 13.3. The SMILES string of the molecule is N#CC(C(=O)c1ccc(Cl)s1)c1cccc(Br)c1. The van der Waals surface area contributed by atoms with E-state index in [-0.39, 0.29) is 5.78 Å². The topological polar surface area (TPSA) is 40.9 Å². The molecule has 1 unspecified atom stereocenters. The van der Waals surface area contributed by atoms with Crippen LogP contribution in [0.25, 0.3) is 0 Å². The van der Waals surface area contributed by atoms with Gasteiger partial charge in [-0.15, -0.1) is 11.3 Å². The van der Waals surface area contributed by atoms with Gasteiger partial charge in [0, 0.05) is 4.47 Å². The van der Waals surface area contributed by atoms with E-state index in [4.69, 9.17) is 11.6 Å². The van der Waals surface area contributed by atoms with Crippen LogP contribution in [-0.4, -0.2) is 5.78 Å². The summed E-state index contributed by atoms with van der Waals surface area (Å²) >= 11 is 10.3. The van der Waals surface area contributed by atoms with E-state index in [2.05, 4.69) is 15.9 Å². The van der Waals surface area contributed by atoms with Crippen molar-refractivity contribution < 1.29 is 4.79 Å². The van der Waals surface area contributed by atoms with E-state index in [1.165, 1.54) is 11.3 Å². The van der Waals surface area contributed by atoms with Crippen LogP contribution in [0, 0.1) is 11.3 Å². The van der Waals surface area contributed by atoms with Gasteiger partial charge in [-0.2, -0.15) is 5.26 Å². The molecule has 0 radical (unpaired) electrons. The largest absolute Gasteiger partial charge is 0.291 e. The Morgan fingerprint density at radius 2 is 2.17 bits per heavy atom. The fourth-order valence-corrected chi connectivity index (χ4v) is 2.99. The molecule has 90 valence electrons. The minimum Gasteiger partial charge on any atom is -0.291 e. The highest BCUT2D eigenvalue weighted by Gasteiger charge is 2.23. The van der Waals surface area contributed by atoms with Crippen molar-refractivity contribution in [3.8, 4) is 6.07 Å². The molecule has 1 heterocycles. The van der Waals surface area contributed by atoms with Crippen LogP contribution < -0.4 is 0 Å². The van der Waals surface area contributed by atoms with Crippen molar-refractivity contribution in [2.45, 2.75) is 5.92 Å². The van der Waals surface area contributed by atoms with Gasteiger partial charge in [0.15, 0.2) is 5.78 Å². The van der Waals surface area contributed by atoms with E-state index >= 15 is 0 Å². The lowest BCUT2D eigenvalue weighted by atomic mass is 9.95. The van der Waals surface area contributed by atoms with Gasteiger partial charge in [-0.1, -0.05) is 39.7 Å². The number of nitriles is 1. The van der Waals surface area contributed by atoms with Gasteiger partial charge in [0.05, 0.1) is 15.3 Å². The highest BCUT2D eigenvalue weighted by molar-refractivity contribution is 9.10. The molecule has 0 N–H and O–H groups in total. The molecule has 0 bridgehead atoms. The van der Waals surface area contributed by atoms with Gasteiger partial charge in [-0.25, -0.2) is 0 Å². The summed E-state index contributed by atoms with van der Waals surface area (Å²) in [7, 11) is 0. The van der Waals surface area contributed by atoms with E-state index in [0.29, 0.717) is 14.8 Å². The lowest BCUT2D eigenvalue weighted by Crippen LogP contribution is -2.09. The number of ketones is 1. The highest BCUT2D eigenvalue weighted by Crippen LogP contribution is 2.28. The van der Waals surface area contributed by atoms with Crippen LogP contribution >= 0.6 is 38.9 Å². The Morgan fingerprint density at radius 3 is 2.72 bits per heavy atom. The minimum absolute atomic E-state index is 0.215. The second kappa shape index (κ2) is 5.66.